The van der Waals surface area contributed by atoms with Crippen molar-refractivity contribution in [1.82, 2.24) is 5.32 Å². The van der Waals surface area contributed by atoms with Crippen LogP contribution in [-0.4, -0.2) is 12.6 Å². The van der Waals surface area contributed by atoms with Crippen LogP contribution in [0.3, 0.4) is 0 Å². The summed E-state index contributed by atoms with van der Waals surface area (Å²) in [6.45, 7) is 9.48. The van der Waals surface area contributed by atoms with Gasteiger partial charge in [-0.15, -0.1) is 6.58 Å². The first-order valence-corrected chi connectivity index (χ1v) is 5.58. The van der Waals surface area contributed by atoms with E-state index in [1.54, 1.807) is 0 Å². The summed E-state index contributed by atoms with van der Waals surface area (Å²) in [5, 5.41) is 3.54. The molecule has 0 radical (unpaired) electrons. The molecule has 1 rings (SSSR count). The van der Waals surface area contributed by atoms with Gasteiger partial charge in [-0.2, -0.15) is 0 Å². The molecule has 0 saturated heterocycles. The van der Waals surface area contributed by atoms with Crippen molar-refractivity contribution in [3.63, 3.8) is 0 Å². The van der Waals surface area contributed by atoms with Gasteiger partial charge in [0, 0.05) is 6.04 Å². The summed E-state index contributed by atoms with van der Waals surface area (Å²) in [4.78, 5) is 0. The fraction of sp³-hybridized carbons (Fsp3) is 0.833. The Morgan fingerprint density at radius 3 is 2.69 bits per heavy atom. The van der Waals surface area contributed by atoms with Gasteiger partial charge < -0.3 is 5.32 Å². The topological polar surface area (TPSA) is 12.0 Å². The summed E-state index contributed by atoms with van der Waals surface area (Å²) in [6.07, 6.45) is 7.54. The first kappa shape index (κ1) is 10.8. The van der Waals surface area contributed by atoms with Gasteiger partial charge in [-0.3, -0.25) is 0 Å². The summed E-state index contributed by atoms with van der Waals surface area (Å²) in [6, 6.07) is 0.630. The van der Waals surface area contributed by atoms with Crippen LogP contribution in [0.2, 0.25) is 0 Å². The predicted octanol–water partition coefficient (Wildman–Crippen LogP) is 2.98. The highest BCUT2D eigenvalue weighted by Gasteiger charge is 2.25. The summed E-state index contributed by atoms with van der Waals surface area (Å²) in [7, 11) is 0. The summed E-state index contributed by atoms with van der Waals surface area (Å²) < 4.78 is 0. The minimum absolute atomic E-state index is 0.630. The van der Waals surface area contributed by atoms with Crippen molar-refractivity contribution >= 4 is 0 Å². The normalized spacial score (nSPS) is 28.2. The van der Waals surface area contributed by atoms with E-state index in [-0.39, 0.29) is 0 Å². The Labute approximate surface area is 82.6 Å². The fourth-order valence-electron chi connectivity index (χ4n) is 2.29. The molecule has 0 bridgehead atoms. The largest absolute Gasteiger partial charge is 0.314 e. The van der Waals surface area contributed by atoms with Crippen LogP contribution < -0.4 is 5.32 Å². The van der Waals surface area contributed by atoms with E-state index in [1.807, 2.05) is 0 Å². The van der Waals surface area contributed by atoms with E-state index >= 15 is 0 Å². The minimum atomic E-state index is 0.630. The van der Waals surface area contributed by atoms with Crippen molar-refractivity contribution in [2.45, 2.75) is 45.6 Å². The third kappa shape index (κ3) is 3.51. The lowest BCUT2D eigenvalue weighted by Gasteiger charge is -2.20. The van der Waals surface area contributed by atoms with Crippen LogP contribution in [0, 0.1) is 11.8 Å². The van der Waals surface area contributed by atoms with Crippen LogP contribution >= 0.6 is 0 Å². The Kier molecular flexibility index (Phi) is 4.51. The standard InChI is InChI=1S/C12H23N/c1-4-6-11-7-5-8-12(11)9-13-10(2)3/h4,10-13H,1,5-9H2,2-3H3. The fourth-order valence-corrected chi connectivity index (χ4v) is 2.29. The molecule has 0 aromatic carbocycles. The van der Waals surface area contributed by atoms with Crippen molar-refractivity contribution < 1.29 is 0 Å². The second-order valence-electron chi connectivity index (χ2n) is 4.54. The van der Waals surface area contributed by atoms with Gasteiger partial charge in [-0.25, -0.2) is 0 Å². The molecular formula is C12H23N. The number of hydrogen-bond acceptors (Lipinski definition) is 1. The van der Waals surface area contributed by atoms with Gasteiger partial charge >= 0.3 is 0 Å². The van der Waals surface area contributed by atoms with E-state index in [4.69, 9.17) is 0 Å². The Hall–Kier alpha value is -0.300. The van der Waals surface area contributed by atoms with Gasteiger partial charge in [0.25, 0.3) is 0 Å². The molecule has 0 aromatic rings. The smallest absolute Gasteiger partial charge is 0.00104 e. The van der Waals surface area contributed by atoms with Gasteiger partial charge in [0.1, 0.15) is 0 Å². The first-order chi connectivity index (χ1) is 6.24. The molecule has 2 atom stereocenters. The molecule has 1 aliphatic carbocycles. The zero-order chi connectivity index (χ0) is 9.68. The number of hydrogen-bond donors (Lipinski definition) is 1. The monoisotopic (exact) mass is 181 g/mol. The minimum Gasteiger partial charge on any atom is -0.314 e. The van der Waals surface area contributed by atoms with Crippen LogP contribution in [0.25, 0.3) is 0 Å². The molecule has 1 saturated carbocycles. The summed E-state index contributed by atoms with van der Waals surface area (Å²) in [5.74, 6) is 1.81. The van der Waals surface area contributed by atoms with Crippen molar-refractivity contribution in [2.24, 2.45) is 11.8 Å². The third-order valence-electron chi connectivity index (χ3n) is 3.07. The van der Waals surface area contributed by atoms with E-state index in [2.05, 4.69) is 31.8 Å². The lowest BCUT2D eigenvalue weighted by molar-refractivity contribution is 0.358. The second kappa shape index (κ2) is 5.43. The molecule has 1 N–H and O–H groups in total. The lowest BCUT2D eigenvalue weighted by atomic mass is 9.93. The maximum atomic E-state index is 3.83. The van der Waals surface area contributed by atoms with Crippen LogP contribution in [0.1, 0.15) is 39.5 Å². The maximum Gasteiger partial charge on any atom is 0.00104 e. The number of rotatable bonds is 5. The van der Waals surface area contributed by atoms with E-state index in [0.29, 0.717) is 6.04 Å². The van der Waals surface area contributed by atoms with Crippen LogP contribution in [0.4, 0.5) is 0 Å². The van der Waals surface area contributed by atoms with Crippen LogP contribution in [0.5, 0.6) is 0 Å². The number of allylic oxidation sites excluding steroid dienone is 1. The molecular weight excluding hydrogens is 158 g/mol. The lowest BCUT2D eigenvalue weighted by Crippen LogP contribution is -2.30. The molecule has 1 heteroatoms. The van der Waals surface area contributed by atoms with Gasteiger partial charge in [0.05, 0.1) is 0 Å². The van der Waals surface area contributed by atoms with Crippen molar-refractivity contribution in [2.75, 3.05) is 6.54 Å². The molecule has 13 heavy (non-hydrogen) atoms. The summed E-state index contributed by atoms with van der Waals surface area (Å²) in [5.41, 5.74) is 0. The van der Waals surface area contributed by atoms with Crippen molar-refractivity contribution in [3.8, 4) is 0 Å². The van der Waals surface area contributed by atoms with Crippen molar-refractivity contribution in [1.29, 1.82) is 0 Å². The quantitative estimate of drug-likeness (QED) is 0.643. The number of nitrogens with one attached hydrogen (secondary N) is 1. The molecule has 1 aliphatic rings. The van der Waals surface area contributed by atoms with Gasteiger partial charge in [0.15, 0.2) is 0 Å². The van der Waals surface area contributed by atoms with Crippen LogP contribution in [-0.2, 0) is 0 Å². The molecule has 2 unspecified atom stereocenters. The van der Waals surface area contributed by atoms with E-state index in [0.717, 1.165) is 11.8 Å². The van der Waals surface area contributed by atoms with Gasteiger partial charge in [0.2, 0.25) is 0 Å². The molecule has 0 aromatic heterocycles. The highest BCUT2D eigenvalue weighted by molar-refractivity contribution is 4.84. The molecule has 0 spiro atoms. The zero-order valence-corrected chi connectivity index (χ0v) is 9.05. The van der Waals surface area contributed by atoms with Gasteiger partial charge in [-0.05, 0) is 37.6 Å². The molecule has 0 aliphatic heterocycles. The van der Waals surface area contributed by atoms with Crippen molar-refractivity contribution in [3.05, 3.63) is 12.7 Å². The Bertz CT molecular complexity index is 151. The SMILES string of the molecule is C=CCC1CCCC1CNC(C)C. The Balaban J connectivity index is 2.26. The van der Waals surface area contributed by atoms with E-state index in [9.17, 15) is 0 Å². The van der Waals surface area contributed by atoms with Gasteiger partial charge in [-0.1, -0.05) is 26.3 Å². The highest BCUT2D eigenvalue weighted by Crippen LogP contribution is 2.33. The Morgan fingerprint density at radius 2 is 2.08 bits per heavy atom. The predicted molar refractivity (Wildman–Crippen MR) is 58.8 cm³/mol. The van der Waals surface area contributed by atoms with E-state index < -0.39 is 0 Å². The zero-order valence-electron chi connectivity index (χ0n) is 9.05. The average Bonchev–Trinajstić information content (AvgIpc) is 2.49. The average molecular weight is 181 g/mol. The molecule has 1 fully saturated rings. The highest BCUT2D eigenvalue weighted by atomic mass is 14.9. The molecule has 0 heterocycles. The Morgan fingerprint density at radius 1 is 1.38 bits per heavy atom. The van der Waals surface area contributed by atoms with Crippen LogP contribution in [0.15, 0.2) is 12.7 Å². The molecule has 76 valence electrons. The second-order valence-corrected chi connectivity index (χ2v) is 4.54. The van der Waals surface area contributed by atoms with E-state index in [1.165, 1.54) is 32.2 Å². The maximum absolute atomic E-state index is 3.83. The molecule has 0 amide bonds. The molecule has 1 nitrogen and oxygen atoms in total. The first-order valence-electron chi connectivity index (χ1n) is 5.58. The third-order valence-corrected chi connectivity index (χ3v) is 3.07. The summed E-state index contributed by atoms with van der Waals surface area (Å²) >= 11 is 0.